The molecule has 3 heteroatoms. The van der Waals surface area contributed by atoms with E-state index in [0.29, 0.717) is 0 Å². The molecule has 1 heterocycles. The summed E-state index contributed by atoms with van der Waals surface area (Å²) < 4.78 is 1.01. The topological polar surface area (TPSA) is 24.9 Å². The van der Waals surface area contributed by atoms with Crippen molar-refractivity contribution in [3.05, 3.63) is 63.9 Å². The molecule has 1 N–H and O–H groups in total. The number of nitrogens with zero attached hydrogens (tertiary/aromatic N) is 1. The molecule has 0 spiro atoms. The zero-order valence-electron chi connectivity index (χ0n) is 11.4. The van der Waals surface area contributed by atoms with Crippen molar-refractivity contribution in [1.82, 2.24) is 10.3 Å². The Morgan fingerprint density at radius 1 is 1.21 bits per heavy atom. The molecule has 0 aliphatic rings. The van der Waals surface area contributed by atoms with Crippen LogP contribution in [-0.4, -0.2) is 11.5 Å². The molecule has 0 fully saturated rings. The quantitative estimate of drug-likeness (QED) is 0.897. The highest BCUT2D eigenvalue weighted by Crippen LogP contribution is 2.22. The van der Waals surface area contributed by atoms with Gasteiger partial charge in [0.25, 0.3) is 0 Å². The van der Waals surface area contributed by atoms with Crippen LogP contribution in [0.2, 0.25) is 0 Å². The standard InChI is InChI=1S/C16H19BrN2/c1-3-12-6-5-7-13(10-12)16(18-4-2)15-9-8-14(17)11-19-15/h5-11,16,18H,3-4H2,1-2H3. The first-order valence-corrected chi connectivity index (χ1v) is 7.47. The smallest absolute Gasteiger partial charge is 0.0751 e. The minimum atomic E-state index is 0.157. The van der Waals surface area contributed by atoms with Gasteiger partial charge in [-0.3, -0.25) is 4.98 Å². The Bertz CT molecular complexity index is 523. The Labute approximate surface area is 123 Å². The van der Waals surface area contributed by atoms with E-state index in [-0.39, 0.29) is 6.04 Å². The number of aromatic nitrogens is 1. The van der Waals surface area contributed by atoms with Crippen molar-refractivity contribution in [2.45, 2.75) is 26.3 Å². The van der Waals surface area contributed by atoms with Crippen LogP contribution in [0.5, 0.6) is 0 Å². The second kappa shape index (κ2) is 6.83. The molecule has 2 nitrogen and oxygen atoms in total. The van der Waals surface area contributed by atoms with Gasteiger partial charge in [-0.25, -0.2) is 0 Å². The average molecular weight is 319 g/mol. The predicted octanol–water partition coefficient (Wildman–Crippen LogP) is 4.11. The van der Waals surface area contributed by atoms with Gasteiger partial charge in [-0.1, -0.05) is 38.1 Å². The van der Waals surface area contributed by atoms with Gasteiger partial charge in [-0.05, 0) is 52.2 Å². The maximum atomic E-state index is 4.52. The van der Waals surface area contributed by atoms with Crippen LogP contribution in [0.15, 0.2) is 47.1 Å². The molecule has 0 saturated heterocycles. The van der Waals surface area contributed by atoms with Crippen molar-refractivity contribution in [2.75, 3.05) is 6.54 Å². The summed E-state index contributed by atoms with van der Waals surface area (Å²) in [6.45, 7) is 5.22. The van der Waals surface area contributed by atoms with E-state index in [0.717, 1.165) is 23.1 Å². The minimum absolute atomic E-state index is 0.157. The third-order valence-electron chi connectivity index (χ3n) is 3.15. The van der Waals surface area contributed by atoms with E-state index in [1.54, 1.807) is 0 Å². The lowest BCUT2D eigenvalue weighted by molar-refractivity contribution is 0.615. The second-order valence-corrected chi connectivity index (χ2v) is 5.41. The fraction of sp³-hybridized carbons (Fsp3) is 0.312. The molecule has 1 aromatic heterocycles. The van der Waals surface area contributed by atoms with Crippen molar-refractivity contribution in [1.29, 1.82) is 0 Å². The molecule has 0 bridgehead atoms. The Morgan fingerprint density at radius 2 is 2.05 bits per heavy atom. The monoisotopic (exact) mass is 318 g/mol. The van der Waals surface area contributed by atoms with Crippen LogP contribution in [0.4, 0.5) is 0 Å². The Balaban J connectivity index is 2.35. The van der Waals surface area contributed by atoms with Gasteiger partial charge in [0.05, 0.1) is 11.7 Å². The molecular weight excluding hydrogens is 300 g/mol. The largest absolute Gasteiger partial charge is 0.305 e. The molecule has 2 aromatic rings. The number of hydrogen-bond donors (Lipinski definition) is 1. The highest BCUT2D eigenvalue weighted by molar-refractivity contribution is 9.10. The lowest BCUT2D eigenvalue weighted by Gasteiger charge is -2.18. The van der Waals surface area contributed by atoms with E-state index < -0.39 is 0 Å². The Hall–Kier alpha value is -1.19. The molecule has 0 radical (unpaired) electrons. The molecule has 100 valence electrons. The maximum Gasteiger partial charge on any atom is 0.0751 e. The molecule has 2 rings (SSSR count). The van der Waals surface area contributed by atoms with E-state index in [4.69, 9.17) is 0 Å². The van der Waals surface area contributed by atoms with Gasteiger partial charge in [0.1, 0.15) is 0 Å². The van der Waals surface area contributed by atoms with E-state index in [9.17, 15) is 0 Å². The summed E-state index contributed by atoms with van der Waals surface area (Å²) in [4.78, 5) is 4.52. The first kappa shape index (κ1) is 14.2. The fourth-order valence-corrected chi connectivity index (χ4v) is 2.38. The zero-order valence-corrected chi connectivity index (χ0v) is 12.9. The van der Waals surface area contributed by atoms with Crippen molar-refractivity contribution >= 4 is 15.9 Å². The van der Waals surface area contributed by atoms with Gasteiger partial charge in [-0.2, -0.15) is 0 Å². The van der Waals surface area contributed by atoms with Crippen LogP contribution in [-0.2, 0) is 6.42 Å². The van der Waals surface area contributed by atoms with E-state index in [1.807, 2.05) is 12.3 Å². The summed E-state index contributed by atoms with van der Waals surface area (Å²) in [5.74, 6) is 0. The summed E-state index contributed by atoms with van der Waals surface area (Å²) in [5.41, 5.74) is 3.69. The van der Waals surface area contributed by atoms with Crippen LogP contribution < -0.4 is 5.32 Å². The van der Waals surface area contributed by atoms with Crippen molar-refractivity contribution < 1.29 is 0 Å². The Kier molecular flexibility index (Phi) is 5.11. The number of nitrogens with one attached hydrogen (secondary N) is 1. The molecule has 0 aliphatic heterocycles. The number of aryl methyl sites for hydroxylation is 1. The number of pyridine rings is 1. The minimum Gasteiger partial charge on any atom is -0.305 e. The third-order valence-corrected chi connectivity index (χ3v) is 3.62. The van der Waals surface area contributed by atoms with Crippen molar-refractivity contribution in [3.8, 4) is 0 Å². The number of halogens is 1. The molecule has 19 heavy (non-hydrogen) atoms. The Morgan fingerprint density at radius 3 is 2.68 bits per heavy atom. The van der Waals surface area contributed by atoms with Crippen LogP contribution in [0.25, 0.3) is 0 Å². The molecule has 1 atom stereocenters. The van der Waals surface area contributed by atoms with Crippen LogP contribution in [0, 0.1) is 0 Å². The highest BCUT2D eigenvalue weighted by Gasteiger charge is 2.14. The summed E-state index contributed by atoms with van der Waals surface area (Å²) >= 11 is 3.43. The van der Waals surface area contributed by atoms with Crippen molar-refractivity contribution in [2.24, 2.45) is 0 Å². The zero-order chi connectivity index (χ0) is 13.7. The van der Waals surface area contributed by atoms with Crippen molar-refractivity contribution in [3.63, 3.8) is 0 Å². The van der Waals surface area contributed by atoms with Gasteiger partial charge < -0.3 is 5.32 Å². The molecule has 0 aliphatic carbocycles. The third kappa shape index (κ3) is 3.64. The van der Waals surface area contributed by atoms with Gasteiger partial charge >= 0.3 is 0 Å². The first-order chi connectivity index (χ1) is 9.24. The van der Waals surface area contributed by atoms with Crippen LogP contribution in [0.3, 0.4) is 0 Å². The van der Waals surface area contributed by atoms with Crippen LogP contribution >= 0.6 is 15.9 Å². The highest BCUT2D eigenvalue weighted by atomic mass is 79.9. The summed E-state index contributed by atoms with van der Waals surface area (Å²) in [5, 5.41) is 3.51. The van der Waals surface area contributed by atoms with E-state index in [1.165, 1.54) is 11.1 Å². The van der Waals surface area contributed by atoms with Crippen LogP contribution in [0.1, 0.15) is 36.7 Å². The average Bonchev–Trinajstić information content (AvgIpc) is 2.46. The predicted molar refractivity (Wildman–Crippen MR) is 83.3 cm³/mol. The molecule has 1 unspecified atom stereocenters. The SMILES string of the molecule is CCNC(c1cccc(CC)c1)c1ccc(Br)cn1. The molecular formula is C16H19BrN2. The fourth-order valence-electron chi connectivity index (χ4n) is 2.15. The summed E-state index contributed by atoms with van der Waals surface area (Å²) in [6.07, 6.45) is 2.91. The second-order valence-electron chi connectivity index (χ2n) is 4.49. The maximum absolute atomic E-state index is 4.52. The molecule has 0 amide bonds. The summed E-state index contributed by atoms with van der Waals surface area (Å²) in [7, 11) is 0. The molecule has 1 aromatic carbocycles. The van der Waals surface area contributed by atoms with Gasteiger partial charge in [-0.15, -0.1) is 0 Å². The summed E-state index contributed by atoms with van der Waals surface area (Å²) in [6, 6.07) is 13.0. The van der Waals surface area contributed by atoms with Gasteiger partial charge in [0, 0.05) is 10.7 Å². The number of hydrogen-bond acceptors (Lipinski definition) is 2. The van der Waals surface area contributed by atoms with E-state index in [2.05, 4.69) is 70.4 Å². The first-order valence-electron chi connectivity index (χ1n) is 6.68. The number of benzene rings is 1. The van der Waals surface area contributed by atoms with Gasteiger partial charge in [0.2, 0.25) is 0 Å². The lowest BCUT2D eigenvalue weighted by atomic mass is 10.00. The lowest BCUT2D eigenvalue weighted by Crippen LogP contribution is -2.23. The normalized spacial score (nSPS) is 12.4. The number of rotatable bonds is 5. The van der Waals surface area contributed by atoms with Gasteiger partial charge in [0.15, 0.2) is 0 Å². The molecule has 0 saturated carbocycles. The van der Waals surface area contributed by atoms with E-state index >= 15 is 0 Å².